The lowest BCUT2D eigenvalue weighted by Crippen LogP contribution is -2.36. The summed E-state index contributed by atoms with van der Waals surface area (Å²) in [5.74, 6) is 0. The van der Waals surface area contributed by atoms with Crippen LogP contribution in [0.5, 0.6) is 0 Å². The van der Waals surface area contributed by atoms with Gasteiger partial charge < -0.3 is 10.0 Å². The van der Waals surface area contributed by atoms with E-state index in [0.717, 1.165) is 30.2 Å². The third kappa shape index (κ3) is 3.02. The Balaban J connectivity index is 2.08. The summed E-state index contributed by atoms with van der Waals surface area (Å²) < 4.78 is 1.16. The van der Waals surface area contributed by atoms with Crippen LogP contribution in [0.1, 0.15) is 31.2 Å². The fourth-order valence-corrected chi connectivity index (χ4v) is 2.82. The molecule has 0 aromatic heterocycles. The second kappa shape index (κ2) is 5.40. The molecule has 1 aliphatic rings. The lowest BCUT2D eigenvalue weighted by molar-refractivity contribution is 0.122. The molecule has 0 unspecified atom stereocenters. The standard InChI is InChI=1S/C14H20BrNO/c1-10-3-4-12(9-14(10)15)16(2)11-5-7-13(17)8-6-11/h3-4,9,11,13,17H,5-8H2,1-2H3. The normalized spacial score (nSPS) is 24.7. The molecule has 0 amide bonds. The maximum absolute atomic E-state index is 9.53. The number of aryl methyl sites for hydroxylation is 1. The topological polar surface area (TPSA) is 23.5 Å². The van der Waals surface area contributed by atoms with E-state index in [-0.39, 0.29) is 6.10 Å². The van der Waals surface area contributed by atoms with Crippen LogP contribution in [0.4, 0.5) is 5.69 Å². The van der Waals surface area contributed by atoms with Gasteiger partial charge in [0.1, 0.15) is 0 Å². The average Bonchev–Trinajstić information content (AvgIpc) is 2.33. The number of nitrogens with zero attached hydrogens (tertiary/aromatic N) is 1. The van der Waals surface area contributed by atoms with Crippen LogP contribution in [0, 0.1) is 6.92 Å². The van der Waals surface area contributed by atoms with Gasteiger partial charge in [-0.15, -0.1) is 0 Å². The summed E-state index contributed by atoms with van der Waals surface area (Å²) in [5, 5.41) is 9.53. The fourth-order valence-electron chi connectivity index (χ4n) is 2.46. The number of benzene rings is 1. The molecule has 1 fully saturated rings. The first-order valence-corrected chi connectivity index (χ1v) is 7.04. The van der Waals surface area contributed by atoms with Gasteiger partial charge in [-0.05, 0) is 50.3 Å². The Morgan fingerprint density at radius 1 is 1.24 bits per heavy atom. The Labute approximate surface area is 112 Å². The molecule has 0 spiro atoms. The first-order chi connectivity index (χ1) is 8.08. The largest absolute Gasteiger partial charge is 0.393 e. The van der Waals surface area contributed by atoms with Crippen molar-refractivity contribution in [1.82, 2.24) is 0 Å². The molecule has 0 bridgehead atoms. The zero-order valence-corrected chi connectivity index (χ0v) is 12.1. The van der Waals surface area contributed by atoms with Gasteiger partial charge in [0, 0.05) is 23.2 Å². The van der Waals surface area contributed by atoms with Gasteiger partial charge in [0.25, 0.3) is 0 Å². The first kappa shape index (κ1) is 12.9. The minimum Gasteiger partial charge on any atom is -0.393 e. The molecular weight excluding hydrogens is 278 g/mol. The van der Waals surface area contributed by atoms with Crippen LogP contribution in [0.15, 0.2) is 22.7 Å². The van der Waals surface area contributed by atoms with Crippen molar-refractivity contribution in [2.75, 3.05) is 11.9 Å². The quantitative estimate of drug-likeness (QED) is 0.903. The second-order valence-electron chi connectivity index (χ2n) is 5.01. The molecule has 0 heterocycles. The Kier molecular flexibility index (Phi) is 4.10. The van der Waals surface area contributed by atoms with Crippen molar-refractivity contribution in [1.29, 1.82) is 0 Å². The number of hydrogen-bond donors (Lipinski definition) is 1. The van der Waals surface area contributed by atoms with Crippen LogP contribution in [-0.2, 0) is 0 Å². The highest BCUT2D eigenvalue weighted by Crippen LogP contribution is 2.29. The van der Waals surface area contributed by atoms with Crippen molar-refractivity contribution in [2.45, 2.75) is 44.8 Å². The van der Waals surface area contributed by atoms with Crippen molar-refractivity contribution in [3.05, 3.63) is 28.2 Å². The summed E-state index contributed by atoms with van der Waals surface area (Å²) >= 11 is 3.58. The Morgan fingerprint density at radius 2 is 1.88 bits per heavy atom. The molecule has 94 valence electrons. The smallest absolute Gasteiger partial charge is 0.0541 e. The third-order valence-corrected chi connectivity index (χ3v) is 4.63. The van der Waals surface area contributed by atoms with Gasteiger partial charge in [0.05, 0.1) is 6.10 Å². The molecule has 0 radical (unpaired) electrons. The monoisotopic (exact) mass is 297 g/mol. The molecule has 1 aromatic rings. The van der Waals surface area contributed by atoms with Gasteiger partial charge in [-0.1, -0.05) is 22.0 Å². The number of anilines is 1. The van der Waals surface area contributed by atoms with E-state index in [1.54, 1.807) is 0 Å². The summed E-state index contributed by atoms with van der Waals surface area (Å²) in [4.78, 5) is 2.34. The maximum Gasteiger partial charge on any atom is 0.0541 e. The average molecular weight is 298 g/mol. The molecule has 1 N–H and O–H groups in total. The van der Waals surface area contributed by atoms with Crippen LogP contribution < -0.4 is 4.90 Å². The van der Waals surface area contributed by atoms with Crippen molar-refractivity contribution < 1.29 is 5.11 Å². The van der Waals surface area contributed by atoms with Crippen molar-refractivity contribution >= 4 is 21.6 Å². The predicted octanol–water partition coefficient (Wildman–Crippen LogP) is 3.50. The van der Waals surface area contributed by atoms with E-state index in [2.05, 4.69) is 53.0 Å². The summed E-state index contributed by atoms with van der Waals surface area (Å²) in [7, 11) is 2.15. The zero-order valence-electron chi connectivity index (χ0n) is 10.5. The highest BCUT2D eigenvalue weighted by Gasteiger charge is 2.22. The van der Waals surface area contributed by atoms with Crippen LogP contribution in [0.25, 0.3) is 0 Å². The molecule has 0 aliphatic heterocycles. The van der Waals surface area contributed by atoms with Gasteiger partial charge in [0.2, 0.25) is 0 Å². The van der Waals surface area contributed by atoms with Crippen LogP contribution in [0.2, 0.25) is 0 Å². The van der Waals surface area contributed by atoms with Gasteiger partial charge in [-0.3, -0.25) is 0 Å². The van der Waals surface area contributed by atoms with E-state index in [4.69, 9.17) is 0 Å². The first-order valence-electron chi connectivity index (χ1n) is 6.25. The number of aliphatic hydroxyl groups excluding tert-OH is 1. The molecule has 2 nitrogen and oxygen atoms in total. The van der Waals surface area contributed by atoms with Gasteiger partial charge in [-0.25, -0.2) is 0 Å². The molecule has 1 saturated carbocycles. The summed E-state index contributed by atoms with van der Waals surface area (Å²) in [6, 6.07) is 7.06. The molecule has 17 heavy (non-hydrogen) atoms. The molecule has 2 rings (SSSR count). The van der Waals surface area contributed by atoms with Crippen LogP contribution in [0.3, 0.4) is 0 Å². The van der Waals surface area contributed by atoms with Gasteiger partial charge in [-0.2, -0.15) is 0 Å². The second-order valence-corrected chi connectivity index (χ2v) is 5.86. The highest BCUT2D eigenvalue weighted by molar-refractivity contribution is 9.10. The van der Waals surface area contributed by atoms with Gasteiger partial charge in [0.15, 0.2) is 0 Å². The fraction of sp³-hybridized carbons (Fsp3) is 0.571. The van der Waals surface area contributed by atoms with E-state index in [9.17, 15) is 5.11 Å². The Morgan fingerprint density at radius 3 is 2.47 bits per heavy atom. The number of hydrogen-bond acceptors (Lipinski definition) is 2. The van der Waals surface area contributed by atoms with Gasteiger partial charge >= 0.3 is 0 Å². The molecule has 1 aliphatic carbocycles. The van der Waals surface area contributed by atoms with E-state index in [1.807, 2.05) is 0 Å². The number of aliphatic hydroxyl groups is 1. The summed E-state index contributed by atoms with van der Waals surface area (Å²) in [6.07, 6.45) is 3.96. The lowest BCUT2D eigenvalue weighted by Gasteiger charge is -2.34. The van der Waals surface area contributed by atoms with Crippen molar-refractivity contribution in [2.24, 2.45) is 0 Å². The highest BCUT2D eigenvalue weighted by atomic mass is 79.9. The van der Waals surface area contributed by atoms with Crippen molar-refractivity contribution in [3.8, 4) is 0 Å². The minimum atomic E-state index is -0.0793. The van der Waals surface area contributed by atoms with Crippen LogP contribution in [-0.4, -0.2) is 24.3 Å². The number of halogens is 1. The van der Waals surface area contributed by atoms with E-state index < -0.39 is 0 Å². The molecule has 1 aromatic carbocycles. The predicted molar refractivity (Wildman–Crippen MR) is 75.5 cm³/mol. The maximum atomic E-state index is 9.53. The summed E-state index contributed by atoms with van der Waals surface area (Å²) in [6.45, 7) is 2.10. The lowest BCUT2D eigenvalue weighted by atomic mass is 9.92. The molecule has 3 heteroatoms. The van der Waals surface area contributed by atoms with E-state index in [0.29, 0.717) is 6.04 Å². The molecule has 0 saturated heterocycles. The van der Waals surface area contributed by atoms with E-state index >= 15 is 0 Å². The summed E-state index contributed by atoms with van der Waals surface area (Å²) in [5.41, 5.74) is 2.52. The zero-order chi connectivity index (χ0) is 12.4. The SMILES string of the molecule is Cc1ccc(N(C)C2CCC(O)CC2)cc1Br. The van der Waals surface area contributed by atoms with E-state index in [1.165, 1.54) is 11.3 Å². The van der Waals surface area contributed by atoms with Crippen LogP contribution >= 0.6 is 15.9 Å². The third-order valence-electron chi connectivity index (χ3n) is 3.78. The van der Waals surface area contributed by atoms with Crippen molar-refractivity contribution in [3.63, 3.8) is 0 Å². The Bertz CT molecular complexity index is 386. The minimum absolute atomic E-state index is 0.0793. The Hall–Kier alpha value is -0.540. The molecule has 0 atom stereocenters. The number of rotatable bonds is 2. The molecular formula is C14H20BrNO.